The molecule has 0 N–H and O–H groups in total. The maximum Gasteiger partial charge on any atom is 0.122 e. The van der Waals surface area contributed by atoms with E-state index in [0.29, 0.717) is 5.92 Å². The van der Waals surface area contributed by atoms with Crippen molar-refractivity contribution in [2.75, 3.05) is 11.5 Å². The third-order valence-corrected chi connectivity index (χ3v) is 4.19. The van der Waals surface area contributed by atoms with Gasteiger partial charge in [-0.3, -0.25) is 0 Å². The predicted molar refractivity (Wildman–Crippen MR) is 54.7 cm³/mol. The van der Waals surface area contributed by atoms with Gasteiger partial charge in [-0.2, -0.15) is 11.8 Å². The molecule has 0 aromatic heterocycles. The van der Waals surface area contributed by atoms with E-state index in [2.05, 4.69) is 13.8 Å². The molecule has 66 valence electrons. The molecule has 1 atom stereocenters. The first-order chi connectivity index (χ1) is 5.02. The SMILES string of the molecule is CC(C)CSCC1CC1(Cl)Cl. The summed E-state index contributed by atoms with van der Waals surface area (Å²) in [5.74, 6) is 3.68. The molecule has 0 saturated heterocycles. The average molecular weight is 213 g/mol. The Kier molecular flexibility index (Phi) is 3.42. The van der Waals surface area contributed by atoms with Crippen LogP contribution in [0.3, 0.4) is 0 Å². The van der Waals surface area contributed by atoms with Gasteiger partial charge >= 0.3 is 0 Å². The zero-order chi connectivity index (χ0) is 8.48. The zero-order valence-electron chi connectivity index (χ0n) is 6.94. The van der Waals surface area contributed by atoms with Crippen LogP contribution in [0.15, 0.2) is 0 Å². The van der Waals surface area contributed by atoms with E-state index in [-0.39, 0.29) is 4.33 Å². The summed E-state index contributed by atoms with van der Waals surface area (Å²) in [5, 5.41) is 0. The van der Waals surface area contributed by atoms with Crippen LogP contribution in [-0.2, 0) is 0 Å². The van der Waals surface area contributed by atoms with Crippen LogP contribution in [0.4, 0.5) is 0 Å². The number of halogens is 2. The topological polar surface area (TPSA) is 0 Å². The fourth-order valence-electron chi connectivity index (χ4n) is 0.896. The normalized spacial score (nSPS) is 27.5. The number of rotatable bonds is 4. The zero-order valence-corrected chi connectivity index (χ0v) is 9.27. The molecule has 0 amide bonds. The molecule has 1 aliphatic carbocycles. The predicted octanol–water partition coefficient (Wildman–Crippen LogP) is 3.57. The highest BCUT2D eigenvalue weighted by Gasteiger charge is 2.50. The molecule has 0 bridgehead atoms. The van der Waals surface area contributed by atoms with Crippen LogP contribution in [0.1, 0.15) is 20.3 Å². The van der Waals surface area contributed by atoms with E-state index < -0.39 is 0 Å². The minimum Gasteiger partial charge on any atom is -0.161 e. The number of thioether (sulfide) groups is 1. The molecule has 0 nitrogen and oxygen atoms in total. The van der Waals surface area contributed by atoms with Gasteiger partial charge in [-0.25, -0.2) is 0 Å². The molecular weight excluding hydrogens is 199 g/mol. The summed E-state index contributed by atoms with van der Waals surface area (Å²) in [6.07, 6.45) is 0.987. The second-order valence-electron chi connectivity index (χ2n) is 3.59. The Morgan fingerprint density at radius 2 is 2.09 bits per heavy atom. The van der Waals surface area contributed by atoms with E-state index in [9.17, 15) is 0 Å². The molecule has 1 aliphatic rings. The van der Waals surface area contributed by atoms with Crippen LogP contribution in [-0.4, -0.2) is 15.8 Å². The summed E-state index contributed by atoms with van der Waals surface area (Å²) >= 11 is 13.7. The summed E-state index contributed by atoms with van der Waals surface area (Å²) in [4.78, 5) is 0. The van der Waals surface area contributed by atoms with E-state index >= 15 is 0 Å². The lowest BCUT2D eigenvalue weighted by molar-refractivity contribution is 0.749. The Labute approximate surface area is 83.0 Å². The number of hydrogen-bond acceptors (Lipinski definition) is 1. The second-order valence-corrected chi connectivity index (χ2v) is 6.21. The summed E-state index contributed by atoms with van der Waals surface area (Å²) in [7, 11) is 0. The third kappa shape index (κ3) is 3.43. The minimum atomic E-state index is -0.371. The van der Waals surface area contributed by atoms with Gasteiger partial charge in [0.2, 0.25) is 0 Å². The highest BCUT2D eigenvalue weighted by molar-refractivity contribution is 7.99. The van der Waals surface area contributed by atoms with E-state index in [4.69, 9.17) is 23.2 Å². The van der Waals surface area contributed by atoms with Crippen LogP contribution < -0.4 is 0 Å². The molecule has 1 unspecified atom stereocenters. The number of alkyl halides is 2. The Bertz CT molecular complexity index is 134. The van der Waals surface area contributed by atoms with Crippen molar-refractivity contribution in [3.8, 4) is 0 Å². The van der Waals surface area contributed by atoms with Gasteiger partial charge in [0, 0.05) is 5.92 Å². The molecule has 11 heavy (non-hydrogen) atoms. The molecule has 3 heteroatoms. The smallest absolute Gasteiger partial charge is 0.122 e. The van der Waals surface area contributed by atoms with Gasteiger partial charge in [0.05, 0.1) is 0 Å². The van der Waals surface area contributed by atoms with Crippen LogP contribution in [0.2, 0.25) is 0 Å². The van der Waals surface area contributed by atoms with E-state index in [0.717, 1.165) is 18.1 Å². The average Bonchev–Trinajstić information content (AvgIpc) is 2.39. The molecule has 0 aromatic rings. The van der Waals surface area contributed by atoms with Crippen molar-refractivity contribution in [3.63, 3.8) is 0 Å². The van der Waals surface area contributed by atoms with Gasteiger partial charge in [0.25, 0.3) is 0 Å². The molecule has 0 aliphatic heterocycles. The van der Waals surface area contributed by atoms with Gasteiger partial charge in [0.1, 0.15) is 4.33 Å². The molecule has 0 spiro atoms. The summed E-state index contributed by atoms with van der Waals surface area (Å²) in [6.45, 7) is 4.46. The lowest BCUT2D eigenvalue weighted by atomic mass is 10.3. The second kappa shape index (κ2) is 3.76. The first-order valence-corrected chi connectivity index (χ1v) is 5.89. The van der Waals surface area contributed by atoms with Crippen LogP contribution in [0, 0.1) is 11.8 Å². The molecule has 1 fully saturated rings. The monoisotopic (exact) mass is 212 g/mol. The standard InChI is InChI=1S/C8H14Cl2S/c1-6(2)4-11-5-7-3-8(7,9)10/h6-7H,3-5H2,1-2H3. The number of hydrogen-bond donors (Lipinski definition) is 0. The third-order valence-electron chi connectivity index (χ3n) is 1.73. The van der Waals surface area contributed by atoms with E-state index in [1.54, 1.807) is 0 Å². The van der Waals surface area contributed by atoms with Crippen LogP contribution in [0.25, 0.3) is 0 Å². The first kappa shape index (κ1) is 10.0. The highest BCUT2D eigenvalue weighted by Crippen LogP contribution is 2.54. The maximum absolute atomic E-state index is 5.87. The van der Waals surface area contributed by atoms with Crippen molar-refractivity contribution in [3.05, 3.63) is 0 Å². The Morgan fingerprint density at radius 1 is 1.55 bits per heavy atom. The van der Waals surface area contributed by atoms with Gasteiger partial charge in [-0.15, -0.1) is 23.2 Å². The Balaban J connectivity index is 1.98. The Morgan fingerprint density at radius 3 is 2.45 bits per heavy atom. The fourth-order valence-corrected chi connectivity index (χ4v) is 2.90. The lowest BCUT2D eigenvalue weighted by Gasteiger charge is -2.03. The summed E-state index contributed by atoms with van der Waals surface area (Å²) < 4.78 is -0.371. The molecule has 0 heterocycles. The Hall–Kier alpha value is 0.930. The molecule has 0 aromatic carbocycles. The van der Waals surface area contributed by atoms with E-state index in [1.807, 2.05) is 11.8 Å². The quantitative estimate of drug-likeness (QED) is 0.643. The minimum absolute atomic E-state index is 0.371. The molecular formula is C8H14Cl2S. The largest absolute Gasteiger partial charge is 0.161 e. The van der Waals surface area contributed by atoms with Gasteiger partial charge in [-0.05, 0) is 23.8 Å². The lowest BCUT2D eigenvalue weighted by Crippen LogP contribution is -1.97. The van der Waals surface area contributed by atoms with Crippen molar-refractivity contribution >= 4 is 35.0 Å². The van der Waals surface area contributed by atoms with E-state index in [1.165, 1.54) is 5.75 Å². The summed E-state index contributed by atoms with van der Waals surface area (Å²) in [5.41, 5.74) is 0. The molecule has 1 saturated carbocycles. The van der Waals surface area contributed by atoms with Crippen molar-refractivity contribution in [1.82, 2.24) is 0 Å². The van der Waals surface area contributed by atoms with Crippen molar-refractivity contribution in [2.24, 2.45) is 11.8 Å². The van der Waals surface area contributed by atoms with Gasteiger partial charge < -0.3 is 0 Å². The molecule has 1 rings (SSSR count). The van der Waals surface area contributed by atoms with Crippen LogP contribution >= 0.6 is 35.0 Å². The highest BCUT2D eigenvalue weighted by atomic mass is 35.5. The van der Waals surface area contributed by atoms with Gasteiger partial charge in [-0.1, -0.05) is 13.8 Å². The summed E-state index contributed by atoms with van der Waals surface area (Å²) in [6, 6.07) is 0. The fraction of sp³-hybridized carbons (Fsp3) is 1.00. The van der Waals surface area contributed by atoms with Crippen LogP contribution in [0.5, 0.6) is 0 Å². The van der Waals surface area contributed by atoms with Crippen molar-refractivity contribution in [2.45, 2.75) is 24.6 Å². The van der Waals surface area contributed by atoms with Gasteiger partial charge in [0.15, 0.2) is 0 Å². The van der Waals surface area contributed by atoms with Crippen molar-refractivity contribution < 1.29 is 0 Å². The first-order valence-electron chi connectivity index (χ1n) is 3.98. The molecule has 0 radical (unpaired) electrons. The maximum atomic E-state index is 5.87. The van der Waals surface area contributed by atoms with Crippen molar-refractivity contribution in [1.29, 1.82) is 0 Å².